The molecule has 1 atom stereocenters. The predicted octanol–water partition coefficient (Wildman–Crippen LogP) is 4.60. The van der Waals surface area contributed by atoms with Crippen LogP contribution in [0.15, 0.2) is 53.9 Å². The van der Waals surface area contributed by atoms with Crippen LogP contribution in [0, 0.1) is 0 Å². The fourth-order valence-electron chi connectivity index (χ4n) is 3.25. The molecule has 4 nitrogen and oxygen atoms in total. The number of methoxy groups -OCH3 is 1. The van der Waals surface area contributed by atoms with Crippen molar-refractivity contribution in [3.8, 4) is 22.6 Å². The lowest BCUT2D eigenvalue weighted by Gasteiger charge is -2.24. The van der Waals surface area contributed by atoms with Crippen molar-refractivity contribution in [2.75, 3.05) is 12.4 Å². The number of carbonyl (C=O) groups excluding carboxylic acids is 1. The van der Waals surface area contributed by atoms with E-state index in [4.69, 9.17) is 4.74 Å². The molecule has 2 N–H and O–H groups in total. The number of fused-ring (bicyclic) bond motifs is 1. The molecule has 126 valence electrons. The normalized spacial score (nSPS) is 16.2. The number of amides is 1. The van der Waals surface area contributed by atoms with Crippen molar-refractivity contribution in [1.29, 1.82) is 0 Å². The van der Waals surface area contributed by atoms with Crippen LogP contribution in [-0.2, 0) is 4.79 Å². The number of benzene rings is 2. The summed E-state index contributed by atoms with van der Waals surface area (Å²) in [5, 5.41) is 15.2. The Labute approximate surface area is 149 Å². The van der Waals surface area contributed by atoms with Crippen molar-refractivity contribution < 1.29 is 14.6 Å². The molecule has 5 heteroatoms. The van der Waals surface area contributed by atoms with Gasteiger partial charge >= 0.3 is 0 Å². The van der Waals surface area contributed by atoms with Crippen LogP contribution in [0.25, 0.3) is 11.1 Å². The van der Waals surface area contributed by atoms with Crippen molar-refractivity contribution >= 4 is 22.9 Å². The Morgan fingerprint density at radius 3 is 2.72 bits per heavy atom. The Morgan fingerprint density at radius 2 is 2.00 bits per heavy atom. The Hall–Kier alpha value is -2.79. The van der Waals surface area contributed by atoms with Crippen LogP contribution < -0.4 is 10.1 Å². The third-order valence-electron chi connectivity index (χ3n) is 4.48. The first kappa shape index (κ1) is 15.7. The molecule has 0 fully saturated rings. The maximum absolute atomic E-state index is 12.3. The zero-order chi connectivity index (χ0) is 17.4. The Kier molecular flexibility index (Phi) is 3.93. The standard InChI is InChI=1S/C20H17NO3S/c1-24-17-8-7-13(9-16(17)22)14-10-18(23)21-19-15(11-25-20(14)19)12-5-3-2-4-6-12/h2-9,11,14,22H,10H2,1H3,(H,21,23). The summed E-state index contributed by atoms with van der Waals surface area (Å²) >= 11 is 1.64. The van der Waals surface area contributed by atoms with E-state index in [1.54, 1.807) is 23.5 Å². The van der Waals surface area contributed by atoms with Gasteiger partial charge in [0.25, 0.3) is 0 Å². The van der Waals surface area contributed by atoms with Gasteiger partial charge in [0.1, 0.15) is 0 Å². The number of aromatic hydroxyl groups is 1. The monoisotopic (exact) mass is 351 g/mol. The lowest BCUT2D eigenvalue weighted by molar-refractivity contribution is -0.116. The largest absolute Gasteiger partial charge is 0.504 e. The molecule has 1 unspecified atom stereocenters. The molecule has 1 aliphatic heterocycles. The van der Waals surface area contributed by atoms with Gasteiger partial charge in [-0.25, -0.2) is 0 Å². The zero-order valence-electron chi connectivity index (χ0n) is 13.7. The average molecular weight is 351 g/mol. The highest BCUT2D eigenvalue weighted by Crippen LogP contribution is 2.47. The fraction of sp³-hybridized carbons (Fsp3) is 0.150. The number of hydrogen-bond acceptors (Lipinski definition) is 4. The van der Waals surface area contributed by atoms with Crippen LogP contribution in [0.2, 0.25) is 0 Å². The van der Waals surface area contributed by atoms with E-state index in [9.17, 15) is 9.90 Å². The van der Waals surface area contributed by atoms with Gasteiger partial charge in [0.15, 0.2) is 11.5 Å². The number of thiophene rings is 1. The quantitative estimate of drug-likeness (QED) is 0.725. The molecule has 0 radical (unpaired) electrons. The summed E-state index contributed by atoms with van der Waals surface area (Å²) in [6.07, 6.45) is 0.369. The van der Waals surface area contributed by atoms with Gasteiger partial charge in [-0.15, -0.1) is 11.3 Å². The van der Waals surface area contributed by atoms with Gasteiger partial charge in [0, 0.05) is 28.2 Å². The van der Waals surface area contributed by atoms with Crippen molar-refractivity contribution in [1.82, 2.24) is 0 Å². The molecule has 1 amide bonds. The highest BCUT2D eigenvalue weighted by molar-refractivity contribution is 7.11. The van der Waals surface area contributed by atoms with E-state index >= 15 is 0 Å². The zero-order valence-corrected chi connectivity index (χ0v) is 14.5. The smallest absolute Gasteiger partial charge is 0.225 e. The van der Waals surface area contributed by atoms with Gasteiger partial charge in [0.2, 0.25) is 5.91 Å². The van der Waals surface area contributed by atoms with Crippen molar-refractivity contribution in [2.45, 2.75) is 12.3 Å². The second kappa shape index (κ2) is 6.26. The SMILES string of the molecule is COc1ccc(C2CC(=O)Nc3c(-c4ccccc4)csc32)cc1O. The summed E-state index contributed by atoms with van der Waals surface area (Å²) in [7, 11) is 1.52. The summed E-state index contributed by atoms with van der Waals surface area (Å²) in [5.74, 6) is 0.444. The summed E-state index contributed by atoms with van der Waals surface area (Å²) in [4.78, 5) is 13.4. The fourth-order valence-corrected chi connectivity index (χ4v) is 4.41. The number of phenolic OH excluding ortho intramolecular Hbond substituents is 1. The molecule has 0 saturated carbocycles. The average Bonchev–Trinajstić information content (AvgIpc) is 3.05. The van der Waals surface area contributed by atoms with Gasteiger partial charge in [-0.1, -0.05) is 36.4 Å². The molecule has 0 aliphatic carbocycles. The number of phenols is 1. The molecule has 2 aromatic carbocycles. The maximum atomic E-state index is 12.3. The molecular weight excluding hydrogens is 334 g/mol. The molecule has 1 aliphatic rings. The molecule has 0 bridgehead atoms. The Morgan fingerprint density at radius 1 is 1.20 bits per heavy atom. The van der Waals surface area contributed by atoms with Crippen LogP contribution in [0.3, 0.4) is 0 Å². The first-order chi connectivity index (χ1) is 12.2. The maximum Gasteiger partial charge on any atom is 0.225 e. The lowest BCUT2D eigenvalue weighted by atomic mass is 9.89. The number of nitrogens with one attached hydrogen (secondary N) is 1. The van der Waals surface area contributed by atoms with E-state index in [1.807, 2.05) is 36.4 Å². The molecule has 2 heterocycles. The number of ether oxygens (including phenoxy) is 1. The summed E-state index contributed by atoms with van der Waals surface area (Å²) in [6.45, 7) is 0. The summed E-state index contributed by atoms with van der Waals surface area (Å²) in [6, 6.07) is 15.4. The van der Waals surface area contributed by atoms with Gasteiger partial charge in [-0.2, -0.15) is 0 Å². The van der Waals surface area contributed by atoms with E-state index in [0.717, 1.165) is 27.3 Å². The van der Waals surface area contributed by atoms with Gasteiger partial charge < -0.3 is 15.2 Å². The third-order valence-corrected chi connectivity index (χ3v) is 5.58. The Bertz CT molecular complexity index is 933. The van der Waals surface area contributed by atoms with E-state index in [1.165, 1.54) is 7.11 Å². The van der Waals surface area contributed by atoms with Crippen LogP contribution in [0.1, 0.15) is 22.8 Å². The highest BCUT2D eigenvalue weighted by Gasteiger charge is 2.30. The molecule has 1 aromatic heterocycles. The molecule has 4 rings (SSSR count). The number of rotatable bonds is 3. The first-order valence-electron chi connectivity index (χ1n) is 8.01. The van der Waals surface area contributed by atoms with Crippen LogP contribution >= 0.6 is 11.3 Å². The number of hydrogen-bond donors (Lipinski definition) is 2. The summed E-state index contributed by atoms with van der Waals surface area (Å²) in [5.41, 5.74) is 3.92. The molecule has 0 spiro atoms. The van der Waals surface area contributed by atoms with E-state index in [2.05, 4.69) is 10.7 Å². The molecule has 25 heavy (non-hydrogen) atoms. The van der Waals surface area contributed by atoms with E-state index in [0.29, 0.717) is 12.2 Å². The minimum Gasteiger partial charge on any atom is -0.504 e. The van der Waals surface area contributed by atoms with E-state index < -0.39 is 0 Å². The highest BCUT2D eigenvalue weighted by atomic mass is 32.1. The minimum atomic E-state index is -0.0666. The van der Waals surface area contributed by atoms with Gasteiger partial charge in [-0.3, -0.25) is 4.79 Å². The lowest BCUT2D eigenvalue weighted by Crippen LogP contribution is -2.22. The van der Waals surface area contributed by atoms with Crippen LogP contribution in [-0.4, -0.2) is 18.1 Å². The Balaban J connectivity index is 1.80. The van der Waals surface area contributed by atoms with Gasteiger partial charge in [-0.05, 0) is 23.3 Å². The molecular formula is C20H17NO3S. The van der Waals surface area contributed by atoms with Crippen molar-refractivity contribution in [2.24, 2.45) is 0 Å². The minimum absolute atomic E-state index is 0.0108. The van der Waals surface area contributed by atoms with Crippen LogP contribution in [0.5, 0.6) is 11.5 Å². The molecule has 0 saturated heterocycles. The first-order valence-corrected chi connectivity index (χ1v) is 8.89. The van der Waals surface area contributed by atoms with Crippen molar-refractivity contribution in [3.05, 3.63) is 64.4 Å². The predicted molar refractivity (Wildman–Crippen MR) is 99.5 cm³/mol. The number of anilines is 1. The van der Waals surface area contributed by atoms with Crippen molar-refractivity contribution in [3.63, 3.8) is 0 Å². The second-order valence-corrected chi connectivity index (χ2v) is 6.90. The molecule has 3 aromatic rings. The van der Waals surface area contributed by atoms with Crippen LogP contribution in [0.4, 0.5) is 5.69 Å². The topological polar surface area (TPSA) is 58.6 Å². The van der Waals surface area contributed by atoms with Gasteiger partial charge in [0.05, 0.1) is 12.8 Å². The second-order valence-electron chi connectivity index (χ2n) is 5.99. The summed E-state index contributed by atoms with van der Waals surface area (Å²) < 4.78 is 5.11. The number of carbonyl (C=O) groups is 1. The van der Waals surface area contributed by atoms with E-state index in [-0.39, 0.29) is 17.6 Å². The third kappa shape index (κ3) is 2.76.